The molecule has 0 radical (unpaired) electrons. The zero-order chi connectivity index (χ0) is 21.3. The van der Waals surface area contributed by atoms with Crippen molar-refractivity contribution in [3.63, 3.8) is 0 Å². The number of amides is 2. The van der Waals surface area contributed by atoms with E-state index in [0.717, 1.165) is 5.56 Å². The second kappa shape index (κ2) is 8.05. The number of carbonyl (C=O) groups is 2. The summed E-state index contributed by atoms with van der Waals surface area (Å²) < 4.78 is 5.39. The molecule has 4 rings (SSSR count). The number of carbonyl (C=O) groups excluding carboxylic acids is 2. The standard InChI is InChI=1S/C24H19ClN2O3/c1-15-14-17(25)12-13-19(15)27-23(28)21(16-8-4-3-5-9-16)22(24(27)29)26-18-10-6-7-11-20(18)30-2/h3-14,26H,1-2H3. The van der Waals surface area contributed by atoms with Crippen molar-refractivity contribution in [2.24, 2.45) is 0 Å². The Morgan fingerprint density at radius 3 is 2.30 bits per heavy atom. The maximum absolute atomic E-state index is 13.5. The van der Waals surface area contributed by atoms with Crippen LogP contribution in [-0.4, -0.2) is 18.9 Å². The van der Waals surface area contributed by atoms with Crippen molar-refractivity contribution in [2.45, 2.75) is 6.92 Å². The Morgan fingerprint density at radius 2 is 1.60 bits per heavy atom. The molecule has 1 heterocycles. The van der Waals surface area contributed by atoms with E-state index in [1.807, 2.05) is 49.4 Å². The van der Waals surface area contributed by atoms with Gasteiger partial charge in [0.2, 0.25) is 0 Å². The summed E-state index contributed by atoms with van der Waals surface area (Å²) in [6.07, 6.45) is 0. The molecule has 0 spiro atoms. The zero-order valence-corrected chi connectivity index (χ0v) is 17.2. The average molecular weight is 419 g/mol. The fourth-order valence-electron chi connectivity index (χ4n) is 3.49. The molecule has 1 N–H and O–H groups in total. The molecule has 6 heteroatoms. The van der Waals surface area contributed by atoms with Gasteiger partial charge in [0, 0.05) is 5.02 Å². The molecule has 3 aromatic rings. The molecule has 1 aliphatic heterocycles. The van der Waals surface area contributed by atoms with Crippen LogP contribution in [0.4, 0.5) is 11.4 Å². The first-order valence-corrected chi connectivity index (χ1v) is 9.73. The topological polar surface area (TPSA) is 58.6 Å². The lowest BCUT2D eigenvalue weighted by molar-refractivity contribution is -0.120. The minimum atomic E-state index is -0.435. The van der Waals surface area contributed by atoms with E-state index in [2.05, 4.69) is 5.32 Å². The van der Waals surface area contributed by atoms with E-state index in [1.54, 1.807) is 37.4 Å². The van der Waals surface area contributed by atoms with Gasteiger partial charge in [-0.3, -0.25) is 9.59 Å². The van der Waals surface area contributed by atoms with E-state index in [1.165, 1.54) is 4.90 Å². The van der Waals surface area contributed by atoms with E-state index in [-0.39, 0.29) is 5.70 Å². The Bertz CT molecular complexity index is 1170. The number of ether oxygens (including phenoxy) is 1. The summed E-state index contributed by atoms with van der Waals surface area (Å²) in [5.41, 5.74) is 2.99. The third-order valence-corrected chi connectivity index (χ3v) is 5.15. The van der Waals surface area contributed by atoms with Crippen molar-refractivity contribution in [3.05, 3.63) is 94.6 Å². The molecule has 0 unspecified atom stereocenters. The van der Waals surface area contributed by atoms with Crippen LogP contribution in [-0.2, 0) is 9.59 Å². The molecular formula is C24H19ClN2O3. The molecule has 0 atom stereocenters. The van der Waals surface area contributed by atoms with E-state index in [4.69, 9.17) is 16.3 Å². The van der Waals surface area contributed by atoms with E-state index in [0.29, 0.717) is 33.3 Å². The molecule has 150 valence electrons. The van der Waals surface area contributed by atoms with Crippen molar-refractivity contribution < 1.29 is 14.3 Å². The number of hydrogen-bond donors (Lipinski definition) is 1. The number of para-hydroxylation sites is 2. The SMILES string of the molecule is COc1ccccc1NC1=C(c2ccccc2)C(=O)N(c2ccc(Cl)cc2C)C1=O. The molecule has 0 aliphatic carbocycles. The third kappa shape index (κ3) is 3.44. The van der Waals surface area contributed by atoms with Gasteiger partial charge >= 0.3 is 0 Å². The highest BCUT2D eigenvalue weighted by molar-refractivity contribution is 6.46. The number of methoxy groups -OCH3 is 1. The highest BCUT2D eigenvalue weighted by Crippen LogP contribution is 2.37. The summed E-state index contributed by atoms with van der Waals surface area (Å²) in [5.74, 6) is -0.261. The molecule has 30 heavy (non-hydrogen) atoms. The van der Waals surface area contributed by atoms with Gasteiger partial charge in [-0.2, -0.15) is 0 Å². The minimum absolute atomic E-state index is 0.199. The first kappa shape index (κ1) is 19.7. The molecule has 2 amide bonds. The summed E-state index contributed by atoms with van der Waals surface area (Å²) in [5, 5.41) is 3.68. The van der Waals surface area contributed by atoms with Gasteiger partial charge in [-0.25, -0.2) is 4.90 Å². The molecule has 3 aromatic carbocycles. The van der Waals surface area contributed by atoms with Crippen molar-refractivity contribution in [1.82, 2.24) is 0 Å². The van der Waals surface area contributed by atoms with Crippen LogP contribution in [0.3, 0.4) is 0 Å². The fourth-order valence-corrected chi connectivity index (χ4v) is 3.72. The molecule has 5 nitrogen and oxygen atoms in total. The highest BCUT2D eigenvalue weighted by Gasteiger charge is 2.41. The fraction of sp³-hybridized carbons (Fsp3) is 0.0833. The summed E-state index contributed by atoms with van der Waals surface area (Å²) in [7, 11) is 1.55. The third-order valence-electron chi connectivity index (χ3n) is 4.91. The first-order valence-electron chi connectivity index (χ1n) is 9.36. The lowest BCUT2D eigenvalue weighted by atomic mass is 10.0. The van der Waals surface area contributed by atoms with Gasteiger partial charge in [-0.1, -0.05) is 54.1 Å². The molecule has 0 saturated carbocycles. The summed E-state index contributed by atoms with van der Waals surface area (Å²) in [4.78, 5) is 28.1. The number of anilines is 2. The number of hydrogen-bond acceptors (Lipinski definition) is 4. The van der Waals surface area contributed by atoms with Crippen LogP contribution in [0.1, 0.15) is 11.1 Å². The van der Waals surface area contributed by atoms with Crippen LogP contribution in [0.25, 0.3) is 5.57 Å². The van der Waals surface area contributed by atoms with Crippen molar-refractivity contribution >= 4 is 40.4 Å². The maximum Gasteiger partial charge on any atom is 0.282 e. The predicted molar refractivity (Wildman–Crippen MR) is 119 cm³/mol. The Labute approximate surface area is 179 Å². The zero-order valence-electron chi connectivity index (χ0n) is 16.5. The van der Waals surface area contributed by atoms with Crippen molar-refractivity contribution in [3.8, 4) is 5.75 Å². The summed E-state index contributed by atoms with van der Waals surface area (Å²) in [6, 6.07) is 21.5. The van der Waals surface area contributed by atoms with E-state index < -0.39 is 11.8 Å². The summed E-state index contributed by atoms with van der Waals surface area (Å²) in [6.45, 7) is 1.82. The molecule has 0 aromatic heterocycles. The Morgan fingerprint density at radius 1 is 0.900 bits per heavy atom. The summed E-state index contributed by atoms with van der Waals surface area (Å²) >= 11 is 6.07. The van der Waals surface area contributed by atoms with Crippen molar-refractivity contribution in [2.75, 3.05) is 17.3 Å². The number of rotatable bonds is 5. The monoisotopic (exact) mass is 418 g/mol. The predicted octanol–water partition coefficient (Wildman–Crippen LogP) is 5.05. The lowest BCUT2D eigenvalue weighted by Crippen LogP contribution is -2.33. The van der Waals surface area contributed by atoms with Crippen LogP contribution in [0.15, 0.2) is 78.5 Å². The second-order valence-electron chi connectivity index (χ2n) is 6.82. The second-order valence-corrected chi connectivity index (χ2v) is 7.25. The molecule has 0 saturated heterocycles. The largest absolute Gasteiger partial charge is 0.495 e. The first-order chi connectivity index (χ1) is 14.5. The molecule has 1 aliphatic rings. The number of halogens is 1. The van der Waals surface area contributed by atoms with Gasteiger partial charge in [0.05, 0.1) is 24.1 Å². The minimum Gasteiger partial charge on any atom is -0.495 e. The van der Waals surface area contributed by atoms with Crippen LogP contribution in [0.2, 0.25) is 5.02 Å². The van der Waals surface area contributed by atoms with Crippen LogP contribution < -0.4 is 15.0 Å². The maximum atomic E-state index is 13.5. The van der Waals surface area contributed by atoms with Crippen LogP contribution in [0, 0.1) is 6.92 Å². The van der Waals surface area contributed by atoms with E-state index in [9.17, 15) is 9.59 Å². The number of nitrogens with zero attached hydrogens (tertiary/aromatic N) is 1. The highest BCUT2D eigenvalue weighted by atomic mass is 35.5. The Hall–Kier alpha value is -3.57. The number of benzene rings is 3. The number of nitrogens with one attached hydrogen (secondary N) is 1. The smallest absolute Gasteiger partial charge is 0.282 e. The van der Waals surface area contributed by atoms with Gasteiger partial charge in [-0.15, -0.1) is 0 Å². The lowest BCUT2D eigenvalue weighted by Gasteiger charge is -2.18. The average Bonchev–Trinajstić information content (AvgIpc) is 2.99. The Balaban J connectivity index is 1.85. The quantitative estimate of drug-likeness (QED) is 0.589. The van der Waals surface area contributed by atoms with E-state index >= 15 is 0 Å². The van der Waals surface area contributed by atoms with Gasteiger partial charge in [0.25, 0.3) is 11.8 Å². The molecule has 0 fully saturated rings. The van der Waals surface area contributed by atoms with Crippen LogP contribution in [0.5, 0.6) is 5.75 Å². The molecule has 0 bridgehead atoms. The Kier molecular flexibility index (Phi) is 5.29. The normalized spacial score (nSPS) is 13.8. The number of imide groups is 1. The van der Waals surface area contributed by atoms with Gasteiger partial charge in [0.15, 0.2) is 0 Å². The molecular weight excluding hydrogens is 400 g/mol. The van der Waals surface area contributed by atoms with Crippen molar-refractivity contribution in [1.29, 1.82) is 0 Å². The van der Waals surface area contributed by atoms with Crippen LogP contribution >= 0.6 is 11.6 Å². The van der Waals surface area contributed by atoms with Gasteiger partial charge in [-0.05, 0) is 48.4 Å². The van der Waals surface area contributed by atoms with Gasteiger partial charge in [0.1, 0.15) is 11.4 Å². The van der Waals surface area contributed by atoms with Gasteiger partial charge < -0.3 is 10.1 Å². The number of aryl methyl sites for hydroxylation is 1.